The van der Waals surface area contributed by atoms with Gasteiger partial charge in [-0.3, -0.25) is 5.32 Å². The summed E-state index contributed by atoms with van der Waals surface area (Å²) in [6, 6.07) is -0.259. The lowest BCUT2D eigenvalue weighted by molar-refractivity contribution is -0.305. The number of halogens is 8. The number of rotatable bonds is 6. The number of alkyl halides is 6. The zero-order valence-corrected chi connectivity index (χ0v) is 13.8. The highest BCUT2D eigenvalue weighted by atomic mass is 19.4. The maximum absolute atomic E-state index is 13.4. The predicted molar refractivity (Wildman–Crippen MR) is 75.9 cm³/mol. The van der Waals surface area contributed by atoms with Crippen LogP contribution in [0.4, 0.5) is 45.6 Å². The summed E-state index contributed by atoms with van der Waals surface area (Å²) in [5, 5.41) is 2.53. The molecule has 0 bridgehead atoms. The van der Waals surface area contributed by atoms with Gasteiger partial charge in [-0.25, -0.2) is 18.4 Å². The van der Waals surface area contributed by atoms with Crippen molar-refractivity contribution in [2.45, 2.75) is 25.0 Å². The monoisotopic (exact) mass is 424 g/mol. The molecule has 14 heteroatoms. The second kappa shape index (κ2) is 8.58. The van der Waals surface area contributed by atoms with E-state index in [0.29, 0.717) is 12.1 Å². The fourth-order valence-electron chi connectivity index (χ4n) is 1.73. The van der Waals surface area contributed by atoms with E-state index in [-0.39, 0.29) is 0 Å². The van der Waals surface area contributed by atoms with E-state index in [1.165, 1.54) is 0 Å². The molecule has 6 nitrogen and oxygen atoms in total. The lowest BCUT2D eigenvalue weighted by atomic mass is 10.2. The van der Waals surface area contributed by atoms with E-state index in [2.05, 4.69) is 9.47 Å². The van der Waals surface area contributed by atoms with Crippen molar-refractivity contribution < 1.29 is 54.2 Å². The third-order valence-electron chi connectivity index (χ3n) is 2.88. The number of esters is 1. The van der Waals surface area contributed by atoms with Gasteiger partial charge in [0.05, 0.1) is 6.61 Å². The highest BCUT2D eigenvalue weighted by molar-refractivity contribution is 5.94. The molecular weight excluding hydrogens is 412 g/mol. The number of carbonyl (C=O) groups is 2. The molecule has 1 aromatic carbocycles. The molecule has 0 radical (unpaired) electrons. The number of urea groups is 1. The largest absolute Gasteiger partial charge is 0.462 e. The third kappa shape index (κ3) is 5.94. The summed E-state index contributed by atoms with van der Waals surface area (Å²) in [7, 11) is 0. The molecule has 1 aromatic rings. The van der Waals surface area contributed by atoms with Gasteiger partial charge in [0.15, 0.2) is 11.6 Å². The molecule has 0 aromatic heterocycles. The normalized spacial score (nSPS) is 14.2. The first kappa shape index (κ1) is 23.4. The number of amides is 2. The number of hydrogen-bond donors (Lipinski definition) is 2. The average Bonchev–Trinajstić information content (AvgIpc) is 2.53. The Bertz CT molecular complexity index is 722. The van der Waals surface area contributed by atoms with Crippen molar-refractivity contribution in [1.82, 2.24) is 5.32 Å². The zero-order valence-electron chi connectivity index (χ0n) is 13.8. The van der Waals surface area contributed by atoms with E-state index < -0.39 is 60.6 Å². The van der Waals surface area contributed by atoms with E-state index in [1.54, 1.807) is 5.32 Å². The molecule has 1 rings (SSSR count). The molecule has 0 spiro atoms. The minimum Gasteiger partial charge on any atom is -0.462 e. The Morgan fingerprint density at radius 3 is 2.11 bits per heavy atom. The molecule has 1 unspecified atom stereocenters. The van der Waals surface area contributed by atoms with Crippen molar-refractivity contribution in [3.05, 3.63) is 29.8 Å². The third-order valence-corrected chi connectivity index (χ3v) is 2.88. The van der Waals surface area contributed by atoms with E-state index in [0.717, 1.165) is 18.3 Å². The van der Waals surface area contributed by atoms with Crippen LogP contribution in [0.15, 0.2) is 18.2 Å². The van der Waals surface area contributed by atoms with E-state index in [4.69, 9.17) is 0 Å². The minimum atomic E-state index is -5.88. The van der Waals surface area contributed by atoms with Crippen LogP contribution in [0.25, 0.3) is 0 Å². The van der Waals surface area contributed by atoms with E-state index in [9.17, 15) is 44.7 Å². The molecule has 0 fully saturated rings. The highest BCUT2D eigenvalue weighted by Crippen LogP contribution is 2.34. The molecule has 2 N–H and O–H groups in total. The van der Waals surface area contributed by atoms with Crippen LogP contribution in [0.5, 0.6) is 0 Å². The molecule has 0 heterocycles. The van der Waals surface area contributed by atoms with Crippen molar-refractivity contribution in [2.24, 2.45) is 0 Å². The van der Waals surface area contributed by atoms with Crippen LogP contribution in [-0.4, -0.2) is 43.3 Å². The second-order valence-electron chi connectivity index (χ2n) is 5.01. The Balaban J connectivity index is 3.19. The summed E-state index contributed by atoms with van der Waals surface area (Å²) < 4.78 is 111. The number of hydrogen-bond acceptors (Lipinski definition) is 4. The number of nitrogens with one attached hydrogen (secondary N) is 2. The summed E-state index contributed by atoms with van der Waals surface area (Å²) in [6.07, 6.45) is -11.2. The fraction of sp³-hybridized carbons (Fsp3) is 0.429. The van der Waals surface area contributed by atoms with Crippen molar-refractivity contribution >= 4 is 17.7 Å². The maximum atomic E-state index is 13.4. The van der Waals surface area contributed by atoms with Gasteiger partial charge in [0.1, 0.15) is 6.61 Å². The average molecular weight is 424 g/mol. The number of benzene rings is 1. The summed E-state index contributed by atoms with van der Waals surface area (Å²) in [5.74, 6) is -5.18. The van der Waals surface area contributed by atoms with Crippen LogP contribution in [0.2, 0.25) is 0 Å². The van der Waals surface area contributed by atoms with Gasteiger partial charge >= 0.3 is 30.1 Å². The second-order valence-corrected chi connectivity index (χ2v) is 5.01. The molecule has 1 atom stereocenters. The fourth-order valence-corrected chi connectivity index (χ4v) is 1.73. The Hall–Kier alpha value is -2.64. The van der Waals surface area contributed by atoms with Crippen LogP contribution < -0.4 is 10.6 Å². The van der Waals surface area contributed by atoms with Crippen molar-refractivity contribution in [3.8, 4) is 0 Å². The van der Waals surface area contributed by atoms with Gasteiger partial charge in [0, 0.05) is 11.8 Å². The minimum absolute atomic E-state index is 0.380. The van der Waals surface area contributed by atoms with Crippen molar-refractivity contribution in [3.63, 3.8) is 0 Å². The van der Waals surface area contributed by atoms with Crippen LogP contribution in [-0.2, 0) is 14.3 Å². The quantitative estimate of drug-likeness (QED) is 0.417. The topological polar surface area (TPSA) is 76.7 Å². The molecule has 0 aliphatic heterocycles. The van der Waals surface area contributed by atoms with Crippen molar-refractivity contribution in [1.29, 1.82) is 0 Å². The summed E-state index contributed by atoms with van der Waals surface area (Å²) in [6.45, 7) is -2.18. The zero-order chi connectivity index (χ0) is 21.8. The van der Waals surface area contributed by atoms with Crippen LogP contribution in [0.1, 0.15) is 6.92 Å². The number of ether oxygens (including phenoxy) is 2. The van der Waals surface area contributed by atoms with Gasteiger partial charge in [-0.1, -0.05) is 0 Å². The van der Waals surface area contributed by atoms with Gasteiger partial charge < -0.3 is 14.8 Å². The van der Waals surface area contributed by atoms with E-state index >= 15 is 0 Å². The van der Waals surface area contributed by atoms with Gasteiger partial charge in [-0.2, -0.15) is 26.3 Å². The van der Waals surface area contributed by atoms with Gasteiger partial charge in [0.2, 0.25) is 0 Å². The Labute approximate surface area is 151 Å². The molecule has 28 heavy (non-hydrogen) atoms. The van der Waals surface area contributed by atoms with Gasteiger partial charge in [-0.05, 0) is 19.1 Å². The number of carbonyl (C=O) groups excluding carboxylic acids is 2. The maximum Gasteiger partial charge on any atom is 0.448 e. The first-order valence-corrected chi connectivity index (χ1v) is 7.20. The van der Waals surface area contributed by atoms with Crippen LogP contribution in [0, 0.1) is 11.6 Å². The molecule has 158 valence electrons. The first-order chi connectivity index (χ1) is 12.7. The van der Waals surface area contributed by atoms with Gasteiger partial charge in [0.25, 0.3) is 0 Å². The molecular formula is C14H12F8N2O4. The summed E-state index contributed by atoms with van der Waals surface area (Å²) in [4.78, 5) is 23.5. The summed E-state index contributed by atoms with van der Waals surface area (Å²) >= 11 is 0. The molecule has 0 aliphatic rings. The lowest BCUT2D eigenvalue weighted by Gasteiger charge is -2.33. The van der Waals surface area contributed by atoms with E-state index in [1.807, 2.05) is 0 Å². The SMILES string of the molecule is CCOC(=O)C(NC(=O)Nc1ccc(F)c(F)c1)(OCC(F)(F)F)C(F)(F)F. The summed E-state index contributed by atoms with van der Waals surface area (Å²) in [5.41, 5.74) is -5.08. The predicted octanol–water partition coefficient (Wildman–Crippen LogP) is 3.49. The molecule has 0 saturated carbocycles. The lowest BCUT2D eigenvalue weighted by Crippen LogP contribution is -2.67. The highest BCUT2D eigenvalue weighted by Gasteiger charge is 2.66. The molecule has 0 saturated heterocycles. The Morgan fingerprint density at radius 1 is 1.04 bits per heavy atom. The van der Waals surface area contributed by atoms with Gasteiger partial charge in [-0.15, -0.1) is 0 Å². The number of anilines is 1. The smallest absolute Gasteiger partial charge is 0.448 e. The molecule has 0 aliphatic carbocycles. The first-order valence-electron chi connectivity index (χ1n) is 7.20. The Kier molecular flexibility index (Phi) is 7.17. The van der Waals surface area contributed by atoms with Crippen LogP contribution in [0.3, 0.4) is 0 Å². The van der Waals surface area contributed by atoms with Crippen LogP contribution >= 0.6 is 0 Å². The standard InChI is InChI=1S/C14H12F8N2O4/c1-2-27-10(25)13(14(20,21)22,28-6-12(17,18)19)24-11(26)23-7-3-4-8(15)9(16)5-7/h3-5H,2,6H2,1H3,(H2,23,24,26). The molecule has 2 amide bonds. The Morgan fingerprint density at radius 2 is 1.64 bits per heavy atom. The van der Waals surface area contributed by atoms with Crippen molar-refractivity contribution in [2.75, 3.05) is 18.5 Å².